The fourth-order valence-corrected chi connectivity index (χ4v) is 3.53. The first kappa shape index (κ1) is 18.5. The molecule has 2 aromatic rings. The lowest BCUT2D eigenvalue weighted by atomic mass is 10.1. The number of anilines is 2. The third kappa shape index (κ3) is 3.48. The molecule has 0 atom stereocenters. The highest BCUT2D eigenvalue weighted by molar-refractivity contribution is 9.10. The lowest BCUT2D eigenvalue weighted by Gasteiger charge is -2.15. The standard InChI is InChI=1S/C19H17BrClN3O2/c1-11-4-6-13(10-16(11)21)24-19(26)14(18(25)22-24)8-12-5-7-17(23(2)3)15(20)9-12/h4-10H,1-3H3,(H,22,25)/b14-8-. The van der Waals surface area contributed by atoms with Crippen LogP contribution in [-0.4, -0.2) is 25.9 Å². The summed E-state index contributed by atoms with van der Waals surface area (Å²) in [7, 11) is 3.88. The zero-order valence-electron chi connectivity index (χ0n) is 14.5. The summed E-state index contributed by atoms with van der Waals surface area (Å²) < 4.78 is 0.880. The second-order valence-corrected chi connectivity index (χ2v) is 7.44. The summed E-state index contributed by atoms with van der Waals surface area (Å²) >= 11 is 9.63. The Morgan fingerprint density at radius 2 is 1.88 bits per heavy atom. The van der Waals surface area contributed by atoms with Gasteiger partial charge in [-0.25, -0.2) is 5.01 Å². The SMILES string of the molecule is Cc1ccc(N2NC(=O)/C(=C/c3ccc(N(C)C)c(Br)c3)C2=O)cc1Cl. The van der Waals surface area contributed by atoms with Crippen LogP contribution >= 0.6 is 27.5 Å². The van der Waals surface area contributed by atoms with Crippen LogP contribution in [0.15, 0.2) is 46.4 Å². The van der Waals surface area contributed by atoms with E-state index in [1.807, 2.05) is 44.1 Å². The number of carbonyl (C=O) groups is 2. The second-order valence-electron chi connectivity index (χ2n) is 6.18. The minimum atomic E-state index is -0.445. The molecule has 0 saturated carbocycles. The smallest absolute Gasteiger partial charge is 0.282 e. The van der Waals surface area contributed by atoms with Crippen molar-refractivity contribution >= 4 is 56.8 Å². The van der Waals surface area contributed by atoms with Crippen molar-refractivity contribution in [1.29, 1.82) is 0 Å². The number of rotatable bonds is 3. The van der Waals surface area contributed by atoms with Crippen molar-refractivity contribution in [3.63, 3.8) is 0 Å². The maximum Gasteiger partial charge on any atom is 0.282 e. The third-order valence-electron chi connectivity index (χ3n) is 4.07. The summed E-state index contributed by atoms with van der Waals surface area (Å²) in [5.74, 6) is -0.859. The highest BCUT2D eigenvalue weighted by atomic mass is 79.9. The predicted molar refractivity (Wildman–Crippen MR) is 108 cm³/mol. The number of nitrogens with zero attached hydrogens (tertiary/aromatic N) is 2. The third-order valence-corrected chi connectivity index (χ3v) is 5.11. The van der Waals surface area contributed by atoms with Crippen molar-refractivity contribution < 1.29 is 9.59 Å². The van der Waals surface area contributed by atoms with Crippen molar-refractivity contribution in [2.24, 2.45) is 0 Å². The van der Waals surface area contributed by atoms with E-state index < -0.39 is 11.8 Å². The Kier molecular flexibility index (Phi) is 5.07. The molecule has 5 nitrogen and oxygen atoms in total. The van der Waals surface area contributed by atoms with Crippen LogP contribution in [0, 0.1) is 6.92 Å². The van der Waals surface area contributed by atoms with Crippen molar-refractivity contribution in [1.82, 2.24) is 5.43 Å². The Morgan fingerprint density at radius 3 is 2.50 bits per heavy atom. The van der Waals surface area contributed by atoms with E-state index in [2.05, 4.69) is 21.4 Å². The van der Waals surface area contributed by atoms with Crippen LogP contribution in [0.4, 0.5) is 11.4 Å². The Labute approximate surface area is 165 Å². The molecule has 2 aromatic carbocycles. The number of amides is 2. The van der Waals surface area contributed by atoms with Gasteiger partial charge in [0.15, 0.2) is 0 Å². The molecule has 1 fully saturated rings. The summed E-state index contributed by atoms with van der Waals surface area (Å²) in [6, 6.07) is 10.8. The molecule has 1 aliphatic heterocycles. The van der Waals surface area contributed by atoms with E-state index in [1.165, 1.54) is 5.01 Å². The topological polar surface area (TPSA) is 52.7 Å². The quantitative estimate of drug-likeness (QED) is 0.588. The van der Waals surface area contributed by atoms with Gasteiger partial charge < -0.3 is 4.90 Å². The van der Waals surface area contributed by atoms with Gasteiger partial charge in [0, 0.05) is 23.6 Å². The molecule has 0 bridgehead atoms. The van der Waals surface area contributed by atoms with Gasteiger partial charge in [0.1, 0.15) is 5.57 Å². The van der Waals surface area contributed by atoms with Crippen molar-refractivity contribution in [3.05, 3.63) is 62.6 Å². The molecular formula is C19H17BrClN3O2. The minimum absolute atomic E-state index is 0.0752. The molecule has 1 heterocycles. The minimum Gasteiger partial charge on any atom is -0.377 e. The molecule has 3 rings (SSSR count). The van der Waals surface area contributed by atoms with Crippen molar-refractivity contribution in [2.45, 2.75) is 6.92 Å². The zero-order chi connectivity index (χ0) is 19.0. The number of hydrogen-bond donors (Lipinski definition) is 1. The molecule has 2 amide bonds. The molecule has 0 aromatic heterocycles. The Hall–Kier alpha value is -2.31. The summed E-state index contributed by atoms with van der Waals surface area (Å²) in [5.41, 5.74) is 5.83. The molecule has 0 aliphatic carbocycles. The summed E-state index contributed by atoms with van der Waals surface area (Å²) in [4.78, 5) is 26.9. The van der Waals surface area contributed by atoms with E-state index in [-0.39, 0.29) is 5.57 Å². The Balaban J connectivity index is 1.92. The summed E-state index contributed by atoms with van der Waals surface area (Å²) in [6.07, 6.45) is 1.58. The van der Waals surface area contributed by atoms with Gasteiger partial charge >= 0.3 is 0 Å². The molecule has 1 N–H and O–H groups in total. The van der Waals surface area contributed by atoms with Gasteiger partial charge in [-0.2, -0.15) is 0 Å². The summed E-state index contributed by atoms with van der Waals surface area (Å²) in [6.45, 7) is 1.87. The number of aryl methyl sites for hydroxylation is 1. The van der Waals surface area contributed by atoms with Gasteiger partial charge in [-0.05, 0) is 64.3 Å². The first-order valence-corrected chi connectivity index (χ1v) is 9.05. The van der Waals surface area contributed by atoms with Crippen LogP contribution in [-0.2, 0) is 9.59 Å². The van der Waals surface area contributed by atoms with Crippen molar-refractivity contribution in [2.75, 3.05) is 24.0 Å². The highest BCUT2D eigenvalue weighted by Crippen LogP contribution is 2.29. The van der Waals surface area contributed by atoms with E-state index in [4.69, 9.17) is 11.6 Å². The number of hydrogen-bond acceptors (Lipinski definition) is 3. The van der Waals surface area contributed by atoms with E-state index in [0.29, 0.717) is 10.7 Å². The molecule has 0 radical (unpaired) electrons. The van der Waals surface area contributed by atoms with Gasteiger partial charge in [0.25, 0.3) is 11.8 Å². The van der Waals surface area contributed by atoms with E-state index in [0.717, 1.165) is 21.3 Å². The lowest BCUT2D eigenvalue weighted by Crippen LogP contribution is -2.35. The van der Waals surface area contributed by atoms with E-state index >= 15 is 0 Å². The van der Waals surface area contributed by atoms with Gasteiger partial charge in [0.2, 0.25) is 0 Å². The summed E-state index contributed by atoms with van der Waals surface area (Å²) in [5, 5.41) is 1.74. The van der Waals surface area contributed by atoms with Crippen LogP contribution in [0.1, 0.15) is 11.1 Å². The number of hydrazine groups is 1. The molecule has 7 heteroatoms. The molecule has 134 valence electrons. The van der Waals surface area contributed by atoms with Gasteiger partial charge in [-0.3, -0.25) is 15.0 Å². The Bertz CT molecular complexity index is 940. The van der Waals surface area contributed by atoms with Crippen molar-refractivity contribution in [3.8, 4) is 0 Å². The predicted octanol–water partition coefficient (Wildman–Crippen LogP) is 3.94. The number of carbonyl (C=O) groups excluding carboxylic acids is 2. The molecule has 1 aliphatic rings. The molecule has 0 spiro atoms. The first-order chi connectivity index (χ1) is 12.3. The molecule has 0 unspecified atom stereocenters. The normalized spacial score (nSPS) is 15.6. The maximum atomic E-state index is 12.7. The fraction of sp³-hybridized carbons (Fsp3) is 0.158. The van der Waals surface area contributed by atoms with Crippen LogP contribution in [0.3, 0.4) is 0 Å². The van der Waals surface area contributed by atoms with Gasteiger partial charge in [0.05, 0.1) is 11.4 Å². The van der Waals surface area contributed by atoms with Crippen LogP contribution in [0.5, 0.6) is 0 Å². The monoisotopic (exact) mass is 433 g/mol. The first-order valence-electron chi connectivity index (χ1n) is 7.88. The largest absolute Gasteiger partial charge is 0.377 e. The average Bonchev–Trinajstić information content (AvgIpc) is 2.85. The lowest BCUT2D eigenvalue weighted by molar-refractivity contribution is -0.117. The molecule has 26 heavy (non-hydrogen) atoms. The average molecular weight is 435 g/mol. The molecular weight excluding hydrogens is 418 g/mol. The Morgan fingerprint density at radius 1 is 1.15 bits per heavy atom. The van der Waals surface area contributed by atoms with Gasteiger partial charge in [-0.15, -0.1) is 0 Å². The second kappa shape index (κ2) is 7.13. The van der Waals surface area contributed by atoms with Gasteiger partial charge in [-0.1, -0.05) is 23.7 Å². The zero-order valence-corrected chi connectivity index (χ0v) is 16.9. The fourth-order valence-electron chi connectivity index (χ4n) is 2.60. The molecule has 1 saturated heterocycles. The maximum absolute atomic E-state index is 12.7. The van der Waals surface area contributed by atoms with Crippen LogP contribution in [0.25, 0.3) is 6.08 Å². The highest BCUT2D eigenvalue weighted by Gasteiger charge is 2.34. The number of nitrogens with one attached hydrogen (secondary N) is 1. The van der Waals surface area contributed by atoms with Crippen LogP contribution in [0.2, 0.25) is 5.02 Å². The van der Waals surface area contributed by atoms with E-state index in [9.17, 15) is 9.59 Å². The number of halogens is 2. The van der Waals surface area contributed by atoms with Crippen LogP contribution < -0.4 is 15.3 Å². The number of benzene rings is 2. The van der Waals surface area contributed by atoms with E-state index in [1.54, 1.807) is 24.3 Å².